The second kappa shape index (κ2) is 12.0. The molecule has 1 aromatic carbocycles. The van der Waals surface area contributed by atoms with Gasteiger partial charge in [0, 0.05) is 27.7 Å². The molecule has 1 fully saturated rings. The molecule has 1 saturated heterocycles. The highest BCUT2D eigenvalue weighted by Gasteiger charge is 2.52. The van der Waals surface area contributed by atoms with Gasteiger partial charge in [-0.1, -0.05) is 30.3 Å². The SMILES string of the molecule is CC(=O)OC[C@H]1O[C@@H](OC(C)=O)[C@@H](NC(=O)Cc2ccccc2)[C@@H](OC(C)=O)[C@H]1OC(C)=O. The van der Waals surface area contributed by atoms with Gasteiger partial charge in [0.2, 0.25) is 12.2 Å². The monoisotopic (exact) mass is 465 g/mol. The summed E-state index contributed by atoms with van der Waals surface area (Å²) in [6.07, 6.45) is -5.15. The van der Waals surface area contributed by atoms with Crippen LogP contribution < -0.4 is 5.32 Å². The fourth-order valence-electron chi connectivity index (χ4n) is 3.34. The van der Waals surface area contributed by atoms with Gasteiger partial charge in [-0.3, -0.25) is 24.0 Å². The maximum Gasteiger partial charge on any atom is 0.305 e. The molecule has 1 aromatic rings. The Morgan fingerprint density at radius 1 is 0.818 bits per heavy atom. The first-order chi connectivity index (χ1) is 15.6. The zero-order valence-electron chi connectivity index (χ0n) is 18.8. The first-order valence-corrected chi connectivity index (χ1v) is 10.2. The van der Waals surface area contributed by atoms with Gasteiger partial charge in [0.05, 0.1) is 6.42 Å². The second-order valence-corrected chi connectivity index (χ2v) is 7.36. The van der Waals surface area contributed by atoms with Gasteiger partial charge in [0.15, 0.2) is 12.2 Å². The first kappa shape index (κ1) is 25.8. The number of nitrogens with one attached hydrogen (secondary N) is 1. The van der Waals surface area contributed by atoms with Crippen LogP contribution in [0.1, 0.15) is 33.3 Å². The number of carbonyl (C=O) groups excluding carboxylic acids is 5. The van der Waals surface area contributed by atoms with E-state index >= 15 is 0 Å². The minimum absolute atomic E-state index is 0.0218. The highest BCUT2D eigenvalue weighted by atomic mass is 16.7. The molecule has 0 unspecified atom stereocenters. The van der Waals surface area contributed by atoms with Crippen LogP contribution in [0.3, 0.4) is 0 Å². The molecule has 1 aliphatic heterocycles. The van der Waals surface area contributed by atoms with Crippen LogP contribution in [0.15, 0.2) is 30.3 Å². The third-order valence-corrected chi connectivity index (χ3v) is 4.52. The van der Waals surface area contributed by atoms with Crippen molar-refractivity contribution in [2.24, 2.45) is 0 Å². The van der Waals surface area contributed by atoms with Crippen LogP contribution in [0.4, 0.5) is 0 Å². The molecule has 0 aromatic heterocycles. The lowest BCUT2D eigenvalue weighted by molar-refractivity contribution is -0.271. The molecule has 0 aliphatic carbocycles. The Morgan fingerprint density at radius 3 is 1.94 bits per heavy atom. The van der Waals surface area contributed by atoms with Crippen molar-refractivity contribution in [2.75, 3.05) is 6.61 Å². The summed E-state index contributed by atoms with van der Waals surface area (Å²) < 4.78 is 26.6. The predicted molar refractivity (Wildman–Crippen MR) is 110 cm³/mol. The van der Waals surface area contributed by atoms with Crippen LogP contribution in [0.25, 0.3) is 0 Å². The fourth-order valence-corrected chi connectivity index (χ4v) is 3.34. The molecule has 2 rings (SSSR count). The molecular formula is C22H27NO10. The normalized spacial score (nSPS) is 24.2. The van der Waals surface area contributed by atoms with Gasteiger partial charge in [-0.15, -0.1) is 0 Å². The van der Waals surface area contributed by atoms with E-state index in [1.165, 1.54) is 6.92 Å². The quantitative estimate of drug-likeness (QED) is 0.424. The van der Waals surface area contributed by atoms with Crippen molar-refractivity contribution in [2.45, 2.75) is 64.8 Å². The number of amides is 1. The van der Waals surface area contributed by atoms with E-state index in [-0.39, 0.29) is 13.0 Å². The lowest BCUT2D eigenvalue weighted by atomic mass is 9.95. The summed E-state index contributed by atoms with van der Waals surface area (Å²) in [5, 5.41) is 2.65. The van der Waals surface area contributed by atoms with E-state index < -0.39 is 60.4 Å². The van der Waals surface area contributed by atoms with Gasteiger partial charge in [-0.2, -0.15) is 0 Å². The molecule has 0 radical (unpaired) electrons. The lowest BCUT2D eigenvalue weighted by Gasteiger charge is -2.44. The van der Waals surface area contributed by atoms with Crippen molar-refractivity contribution in [3.8, 4) is 0 Å². The number of benzene rings is 1. The predicted octanol–water partition coefficient (Wildman–Crippen LogP) is 0.428. The molecule has 180 valence electrons. The van der Waals surface area contributed by atoms with Crippen LogP contribution in [-0.4, -0.2) is 67.0 Å². The zero-order valence-corrected chi connectivity index (χ0v) is 18.8. The Morgan fingerprint density at radius 2 is 1.39 bits per heavy atom. The third kappa shape index (κ3) is 8.19. The molecule has 11 nitrogen and oxygen atoms in total. The van der Waals surface area contributed by atoms with Gasteiger partial charge >= 0.3 is 23.9 Å². The number of esters is 4. The smallest absolute Gasteiger partial charge is 0.305 e. The van der Waals surface area contributed by atoms with E-state index in [1.54, 1.807) is 30.3 Å². The highest BCUT2D eigenvalue weighted by molar-refractivity contribution is 5.79. The van der Waals surface area contributed by atoms with E-state index in [9.17, 15) is 24.0 Å². The molecule has 1 N–H and O–H groups in total. The van der Waals surface area contributed by atoms with E-state index in [4.69, 9.17) is 23.7 Å². The molecule has 1 amide bonds. The summed E-state index contributed by atoms with van der Waals surface area (Å²) in [5.74, 6) is -3.32. The largest absolute Gasteiger partial charge is 0.463 e. The van der Waals surface area contributed by atoms with Crippen LogP contribution >= 0.6 is 0 Å². The summed E-state index contributed by atoms with van der Waals surface area (Å²) in [4.78, 5) is 59.4. The van der Waals surface area contributed by atoms with Crippen molar-refractivity contribution in [1.82, 2.24) is 5.32 Å². The van der Waals surface area contributed by atoms with Crippen LogP contribution in [-0.2, 0) is 54.1 Å². The Hall–Kier alpha value is -3.47. The van der Waals surface area contributed by atoms with Crippen molar-refractivity contribution in [1.29, 1.82) is 0 Å². The summed E-state index contributed by atoms with van der Waals surface area (Å²) in [6, 6.07) is 7.63. The van der Waals surface area contributed by atoms with Gasteiger partial charge in [-0.05, 0) is 5.56 Å². The summed E-state index contributed by atoms with van der Waals surface area (Å²) in [6.45, 7) is 4.18. The molecule has 5 atom stereocenters. The van der Waals surface area contributed by atoms with Crippen LogP contribution in [0.5, 0.6) is 0 Å². The summed E-state index contributed by atoms with van der Waals surface area (Å²) in [7, 11) is 0. The third-order valence-electron chi connectivity index (χ3n) is 4.52. The molecule has 11 heteroatoms. The van der Waals surface area contributed by atoms with Gasteiger partial charge in [0.1, 0.15) is 18.8 Å². The molecule has 0 saturated carbocycles. The van der Waals surface area contributed by atoms with Gasteiger partial charge < -0.3 is 29.0 Å². The molecule has 1 aliphatic rings. The van der Waals surface area contributed by atoms with Crippen molar-refractivity contribution in [3.63, 3.8) is 0 Å². The average Bonchev–Trinajstić information content (AvgIpc) is 2.70. The van der Waals surface area contributed by atoms with Crippen LogP contribution in [0.2, 0.25) is 0 Å². The average molecular weight is 465 g/mol. The first-order valence-electron chi connectivity index (χ1n) is 10.2. The number of hydrogen-bond donors (Lipinski definition) is 1. The standard InChI is InChI=1S/C22H27NO10/c1-12(24)29-11-17-20(30-13(2)25)21(31-14(3)26)19(22(33-17)32-15(4)27)23-18(28)10-16-8-6-5-7-9-16/h5-9,17,19-22H,10-11H2,1-4H3,(H,23,28)/t17-,19+,20+,21-,22-/m1/s1. The van der Waals surface area contributed by atoms with Crippen molar-refractivity contribution < 1.29 is 47.7 Å². The zero-order chi connectivity index (χ0) is 24.5. The minimum atomic E-state index is -1.42. The molecule has 0 spiro atoms. The number of rotatable bonds is 8. The van der Waals surface area contributed by atoms with Crippen molar-refractivity contribution >= 4 is 29.8 Å². The summed E-state index contributed by atoms with van der Waals surface area (Å²) in [5.41, 5.74) is 0.712. The fraction of sp³-hybridized carbons (Fsp3) is 0.500. The maximum atomic E-state index is 12.7. The molecular weight excluding hydrogens is 438 g/mol. The van der Waals surface area contributed by atoms with Crippen molar-refractivity contribution in [3.05, 3.63) is 35.9 Å². The molecule has 0 bridgehead atoms. The Bertz CT molecular complexity index is 871. The van der Waals surface area contributed by atoms with E-state index in [2.05, 4.69) is 5.32 Å². The van der Waals surface area contributed by atoms with E-state index in [1.807, 2.05) is 0 Å². The molecule has 33 heavy (non-hydrogen) atoms. The number of ether oxygens (including phenoxy) is 5. The molecule has 1 heterocycles. The number of carbonyl (C=O) groups is 5. The van der Waals surface area contributed by atoms with E-state index in [0.29, 0.717) is 5.56 Å². The summed E-state index contributed by atoms with van der Waals surface area (Å²) >= 11 is 0. The Labute approximate surface area is 190 Å². The van der Waals surface area contributed by atoms with Crippen LogP contribution in [0, 0.1) is 0 Å². The Balaban J connectivity index is 2.37. The van der Waals surface area contributed by atoms with E-state index in [0.717, 1.165) is 20.8 Å². The maximum absolute atomic E-state index is 12.7. The van der Waals surface area contributed by atoms with Gasteiger partial charge in [-0.25, -0.2) is 0 Å². The number of hydrogen-bond acceptors (Lipinski definition) is 10. The highest BCUT2D eigenvalue weighted by Crippen LogP contribution is 2.28. The Kier molecular flexibility index (Phi) is 9.34. The topological polar surface area (TPSA) is 144 Å². The second-order valence-electron chi connectivity index (χ2n) is 7.36. The lowest BCUT2D eigenvalue weighted by Crippen LogP contribution is -2.67. The van der Waals surface area contributed by atoms with Gasteiger partial charge in [0.25, 0.3) is 0 Å². The minimum Gasteiger partial charge on any atom is -0.463 e.